The van der Waals surface area contributed by atoms with Crippen LogP contribution < -0.4 is 5.73 Å². The number of hydrogen-bond acceptors (Lipinski definition) is 2. The average molecular weight is 208 g/mol. The van der Waals surface area contributed by atoms with Crippen LogP contribution in [0.25, 0.3) is 0 Å². The summed E-state index contributed by atoms with van der Waals surface area (Å²) >= 11 is 0. The van der Waals surface area contributed by atoms with Crippen LogP contribution >= 0.6 is 0 Å². The average Bonchev–Trinajstić information content (AvgIpc) is 2.25. The van der Waals surface area contributed by atoms with Crippen molar-refractivity contribution >= 4 is 5.69 Å². The van der Waals surface area contributed by atoms with Gasteiger partial charge in [-0.05, 0) is 43.6 Å². The van der Waals surface area contributed by atoms with Crippen molar-refractivity contribution < 1.29 is 4.39 Å². The summed E-state index contributed by atoms with van der Waals surface area (Å²) in [6.07, 6.45) is 3.85. The van der Waals surface area contributed by atoms with Crippen LogP contribution in [0, 0.1) is 5.82 Å². The molecule has 1 aromatic carbocycles. The van der Waals surface area contributed by atoms with Crippen LogP contribution in [0.5, 0.6) is 0 Å². The second kappa shape index (κ2) is 4.62. The van der Waals surface area contributed by atoms with E-state index >= 15 is 0 Å². The maximum atomic E-state index is 13.2. The molecule has 0 unspecified atom stereocenters. The van der Waals surface area contributed by atoms with Crippen molar-refractivity contribution in [3.63, 3.8) is 0 Å². The van der Waals surface area contributed by atoms with Gasteiger partial charge < -0.3 is 5.73 Å². The van der Waals surface area contributed by atoms with Gasteiger partial charge in [0, 0.05) is 6.54 Å². The lowest BCUT2D eigenvalue weighted by Gasteiger charge is -2.26. The Kier molecular flexibility index (Phi) is 3.21. The van der Waals surface area contributed by atoms with Gasteiger partial charge in [-0.2, -0.15) is 0 Å². The van der Waals surface area contributed by atoms with Gasteiger partial charge in [-0.1, -0.05) is 12.5 Å². The van der Waals surface area contributed by atoms with Crippen molar-refractivity contribution in [2.75, 3.05) is 18.8 Å². The monoisotopic (exact) mass is 208 g/mol. The normalized spacial score (nSPS) is 17.9. The van der Waals surface area contributed by atoms with Gasteiger partial charge in [0.2, 0.25) is 0 Å². The first-order valence-corrected chi connectivity index (χ1v) is 5.52. The Morgan fingerprint density at radius 3 is 2.60 bits per heavy atom. The summed E-state index contributed by atoms with van der Waals surface area (Å²) in [5, 5.41) is 0. The maximum absolute atomic E-state index is 13.2. The largest absolute Gasteiger partial charge is 0.396 e. The molecular weight excluding hydrogens is 191 g/mol. The zero-order valence-corrected chi connectivity index (χ0v) is 8.88. The van der Waals surface area contributed by atoms with Crippen LogP contribution in [0.1, 0.15) is 24.8 Å². The van der Waals surface area contributed by atoms with Crippen molar-refractivity contribution in [1.29, 1.82) is 0 Å². The summed E-state index contributed by atoms with van der Waals surface area (Å²) in [4.78, 5) is 2.37. The maximum Gasteiger partial charge on any atom is 0.146 e. The lowest BCUT2D eigenvalue weighted by molar-refractivity contribution is 0.220. The Morgan fingerprint density at radius 1 is 1.20 bits per heavy atom. The van der Waals surface area contributed by atoms with E-state index in [0.717, 1.165) is 25.2 Å². The number of hydrogen-bond donors (Lipinski definition) is 1. The van der Waals surface area contributed by atoms with Gasteiger partial charge in [-0.3, -0.25) is 4.90 Å². The zero-order valence-electron chi connectivity index (χ0n) is 8.88. The van der Waals surface area contributed by atoms with Crippen LogP contribution in [0.3, 0.4) is 0 Å². The number of piperidine rings is 1. The van der Waals surface area contributed by atoms with E-state index in [1.54, 1.807) is 12.1 Å². The minimum Gasteiger partial charge on any atom is -0.396 e. The van der Waals surface area contributed by atoms with E-state index in [4.69, 9.17) is 5.73 Å². The van der Waals surface area contributed by atoms with Gasteiger partial charge in [0.15, 0.2) is 0 Å². The topological polar surface area (TPSA) is 29.3 Å². The number of nitrogen functional groups attached to an aromatic ring is 1. The van der Waals surface area contributed by atoms with E-state index in [1.165, 1.54) is 19.3 Å². The third-order valence-corrected chi connectivity index (χ3v) is 2.92. The highest BCUT2D eigenvalue weighted by molar-refractivity contribution is 5.41. The van der Waals surface area contributed by atoms with Gasteiger partial charge in [0.1, 0.15) is 5.82 Å². The molecule has 1 aliphatic rings. The summed E-state index contributed by atoms with van der Waals surface area (Å²) in [6, 6.07) is 5.10. The first kappa shape index (κ1) is 10.4. The van der Waals surface area contributed by atoms with Gasteiger partial charge in [0.25, 0.3) is 0 Å². The van der Waals surface area contributed by atoms with Crippen molar-refractivity contribution in [2.24, 2.45) is 0 Å². The quantitative estimate of drug-likeness (QED) is 0.756. The number of rotatable bonds is 2. The van der Waals surface area contributed by atoms with Crippen LogP contribution in [0.15, 0.2) is 18.2 Å². The molecule has 0 spiro atoms. The number of likely N-dealkylation sites (tertiary alicyclic amines) is 1. The first-order valence-electron chi connectivity index (χ1n) is 5.52. The predicted molar refractivity (Wildman–Crippen MR) is 59.9 cm³/mol. The number of halogens is 1. The van der Waals surface area contributed by atoms with Gasteiger partial charge >= 0.3 is 0 Å². The lowest BCUT2D eigenvalue weighted by atomic mass is 10.1. The third kappa shape index (κ3) is 2.69. The summed E-state index contributed by atoms with van der Waals surface area (Å²) in [5.41, 5.74) is 6.68. The second-order valence-corrected chi connectivity index (χ2v) is 4.19. The van der Waals surface area contributed by atoms with E-state index in [-0.39, 0.29) is 11.5 Å². The summed E-state index contributed by atoms with van der Waals surface area (Å²) in [7, 11) is 0. The molecule has 1 aromatic rings. The van der Waals surface area contributed by atoms with E-state index in [0.29, 0.717) is 0 Å². The van der Waals surface area contributed by atoms with Crippen molar-refractivity contribution in [3.05, 3.63) is 29.6 Å². The molecule has 0 aromatic heterocycles. The van der Waals surface area contributed by atoms with E-state index in [2.05, 4.69) is 4.90 Å². The molecule has 0 atom stereocenters. The molecule has 2 rings (SSSR count). The van der Waals surface area contributed by atoms with Crippen LogP contribution in [0.2, 0.25) is 0 Å². The minimum atomic E-state index is -0.301. The fourth-order valence-electron chi connectivity index (χ4n) is 2.04. The molecule has 1 heterocycles. The number of benzene rings is 1. The Morgan fingerprint density at radius 2 is 1.93 bits per heavy atom. The van der Waals surface area contributed by atoms with Crippen molar-refractivity contribution in [1.82, 2.24) is 4.90 Å². The zero-order chi connectivity index (χ0) is 10.7. The molecule has 82 valence electrons. The van der Waals surface area contributed by atoms with Gasteiger partial charge in [0.05, 0.1) is 5.69 Å². The molecule has 2 N–H and O–H groups in total. The number of nitrogens with two attached hydrogens (primary N) is 1. The highest BCUT2D eigenvalue weighted by atomic mass is 19.1. The summed E-state index contributed by atoms with van der Waals surface area (Å²) < 4.78 is 13.2. The molecule has 0 saturated carbocycles. The number of anilines is 1. The third-order valence-electron chi connectivity index (χ3n) is 2.92. The van der Waals surface area contributed by atoms with E-state index < -0.39 is 0 Å². The molecule has 0 aliphatic carbocycles. The molecule has 0 bridgehead atoms. The van der Waals surface area contributed by atoms with Gasteiger partial charge in [-0.25, -0.2) is 4.39 Å². The summed E-state index contributed by atoms with van der Waals surface area (Å²) in [6.45, 7) is 3.11. The fourth-order valence-corrected chi connectivity index (χ4v) is 2.04. The Balaban J connectivity index is 2.00. The molecule has 15 heavy (non-hydrogen) atoms. The molecule has 0 amide bonds. The number of nitrogens with zero attached hydrogens (tertiary/aromatic N) is 1. The van der Waals surface area contributed by atoms with E-state index in [9.17, 15) is 4.39 Å². The van der Waals surface area contributed by atoms with Crippen molar-refractivity contribution in [3.8, 4) is 0 Å². The highest BCUT2D eigenvalue weighted by Gasteiger charge is 2.10. The lowest BCUT2D eigenvalue weighted by Crippen LogP contribution is -2.29. The minimum absolute atomic E-state index is 0.234. The molecule has 1 saturated heterocycles. The Hall–Kier alpha value is -1.09. The van der Waals surface area contributed by atoms with Gasteiger partial charge in [-0.15, -0.1) is 0 Å². The van der Waals surface area contributed by atoms with Crippen LogP contribution in [-0.2, 0) is 6.54 Å². The molecule has 2 nitrogen and oxygen atoms in total. The first-order chi connectivity index (χ1) is 7.25. The molecule has 1 aliphatic heterocycles. The van der Waals surface area contributed by atoms with E-state index in [1.807, 2.05) is 6.07 Å². The molecule has 1 fully saturated rings. The Bertz CT molecular complexity index is 332. The molecule has 0 radical (unpaired) electrons. The standard InChI is InChI=1S/C12H17FN2/c13-11-8-10(4-5-12(11)14)9-15-6-2-1-3-7-15/h4-5,8H,1-3,6-7,9,14H2. The summed E-state index contributed by atoms with van der Waals surface area (Å²) in [5.74, 6) is -0.301. The second-order valence-electron chi connectivity index (χ2n) is 4.19. The molecular formula is C12H17FN2. The predicted octanol–water partition coefficient (Wildman–Crippen LogP) is 2.39. The van der Waals surface area contributed by atoms with Crippen LogP contribution in [0.4, 0.5) is 10.1 Å². The smallest absolute Gasteiger partial charge is 0.146 e. The SMILES string of the molecule is Nc1ccc(CN2CCCCC2)cc1F. The fraction of sp³-hybridized carbons (Fsp3) is 0.500. The van der Waals surface area contributed by atoms with Crippen molar-refractivity contribution in [2.45, 2.75) is 25.8 Å². The Labute approximate surface area is 89.9 Å². The highest BCUT2D eigenvalue weighted by Crippen LogP contribution is 2.16. The molecule has 3 heteroatoms. The van der Waals surface area contributed by atoms with Crippen LogP contribution in [-0.4, -0.2) is 18.0 Å².